The highest BCUT2D eigenvalue weighted by molar-refractivity contribution is 7.15. The van der Waals surface area contributed by atoms with Crippen LogP contribution in [-0.2, 0) is 13.0 Å². The second-order valence-corrected chi connectivity index (χ2v) is 5.40. The summed E-state index contributed by atoms with van der Waals surface area (Å²) in [6.45, 7) is 2.01. The first kappa shape index (κ1) is 12.8. The number of hydrogen-bond donors (Lipinski definition) is 1. The van der Waals surface area contributed by atoms with E-state index in [0.29, 0.717) is 10.0 Å². The average molecular weight is 288 g/mol. The quantitative estimate of drug-likeness (QED) is 0.919. The number of aromatic nitrogens is 1. The lowest BCUT2D eigenvalue weighted by atomic mass is 10.2. The molecule has 0 aliphatic rings. The molecule has 90 valence electrons. The fourth-order valence-corrected chi connectivity index (χ4v) is 3.36. The molecule has 0 aliphatic carbocycles. The van der Waals surface area contributed by atoms with Gasteiger partial charge in [0.05, 0.1) is 27.2 Å². The van der Waals surface area contributed by atoms with Crippen molar-refractivity contribution in [3.05, 3.63) is 38.8 Å². The first-order valence-corrected chi connectivity index (χ1v) is 6.78. The van der Waals surface area contributed by atoms with Crippen LogP contribution in [0.25, 0.3) is 10.6 Å². The molecule has 0 radical (unpaired) electrons. The minimum Gasteiger partial charge on any atom is -0.391 e. The molecule has 1 aromatic heterocycles. The van der Waals surface area contributed by atoms with Crippen LogP contribution in [0.1, 0.15) is 17.5 Å². The molecule has 0 spiro atoms. The Balaban J connectivity index is 2.57. The van der Waals surface area contributed by atoms with E-state index in [1.807, 2.05) is 6.92 Å². The molecule has 1 heterocycles. The maximum atomic E-state index is 9.25. The lowest BCUT2D eigenvalue weighted by Gasteiger charge is -2.02. The largest absolute Gasteiger partial charge is 0.391 e. The van der Waals surface area contributed by atoms with Crippen molar-refractivity contribution in [2.45, 2.75) is 20.0 Å². The number of aliphatic hydroxyl groups is 1. The monoisotopic (exact) mass is 287 g/mol. The maximum Gasteiger partial charge on any atom is 0.126 e. The fourth-order valence-electron chi connectivity index (χ4n) is 1.59. The van der Waals surface area contributed by atoms with Gasteiger partial charge in [-0.1, -0.05) is 36.2 Å². The molecule has 2 aromatic rings. The number of halogens is 2. The zero-order chi connectivity index (χ0) is 12.4. The summed E-state index contributed by atoms with van der Waals surface area (Å²) in [7, 11) is 0. The SMILES string of the molecule is CCc1nc(-c2c(Cl)cccc2Cl)sc1CO. The first-order chi connectivity index (χ1) is 8.17. The Hall–Kier alpha value is -0.610. The Morgan fingerprint density at radius 1 is 1.29 bits per heavy atom. The van der Waals surface area contributed by atoms with Crippen LogP contribution >= 0.6 is 34.5 Å². The van der Waals surface area contributed by atoms with Crippen molar-refractivity contribution >= 4 is 34.5 Å². The second kappa shape index (κ2) is 5.36. The van der Waals surface area contributed by atoms with Crippen molar-refractivity contribution in [2.24, 2.45) is 0 Å². The summed E-state index contributed by atoms with van der Waals surface area (Å²) >= 11 is 13.7. The van der Waals surface area contributed by atoms with Crippen LogP contribution in [0.3, 0.4) is 0 Å². The minimum absolute atomic E-state index is 0.00289. The third-order valence-corrected chi connectivity index (χ3v) is 4.16. The van der Waals surface area contributed by atoms with E-state index >= 15 is 0 Å². The van der Waals surface area contributed by atoms with Crippen molar-refractivity contribution in [1.82, 2.24) is 4.98 Å². The van der Waals surface area contributed by atoms with Crippen LogP contribution in [0.5, 0.6) is 0 Å². The first-order valence-electron chi connectivity index (χ1n) is 5.21. The lowest BCUT2D eigenvalue weighted by Crippen LogP contribution is -1.87. The van der Waals surface area contributed by atoms with Crippen LogP contribution in [0.15, 0.2) is 18.2 Å². The number of rotatable bonds is 3. The molecule has 0 amide bonds. The Morgan fingerprint density at radius 3 is 2.41 bits per heavy atom. The van der Waals surface area contributed by atoms with Crippen LogP contribution in [0.4, 0.5) is 0 Å². The predicted molar refractivity (Wildman–Crippen MR) is 72.9 cm³/mol. The highest BCUT2D eigenvalue weighted by Gasteiger charge is 2.15. The molecule has 0 saturated heterocycles. The van der Waals surface area contributed by atoms with Gasteiger partial charge in [0.1, 0.15) is 5.01 Å². The van der Waals surface area contributed by atoms with Gasteiger partial charge in [0.25, 0.3) is 0 Å². The molecule has 0 fully saturated rings. The molecule has 1 aromatic carbocycles. The topological polar surface area (TPSA) is 33.1 Å². The van der Waals surface area contributed by atoms with Crippen molar-refractivity contribution in [1.29, 1.82) is 0 Å². The highest BCUT2D eigenvalue weighted by Crippen LogP contribution is 2.38. The number of aryl methyl sites for hydroxylation is 1. The Bertz CT molecular complexity index is 498. The van der Waals surface area contributed by atoms with Crippen molar-refractivity contribution < 1.29 is 5.11 Å². The molecule has 0 atom stereocenters. The van der Waals surface area contributed by atoms with Crippen LogP contribution in [0.2, 0.25) is 10.0 Å². The number of nitrogens with zero attached hydrogens (tertiary/aromatic N) is 1. The highest BCUT2D eigenvalue weighted by atomic mass is 35.5. The molecule has 1 N–H and O–H groups in total. The standard InChI is InChI=1S/C12H11Cl2NOS/c1-2-9-10(6-16)17-12(15-9)11-7(13)4-3-5-8(11)14/h3-5,16H,2,6H2,1H3. The van der Waals surface area contributed by atoms with E-state index in [1.165, 1.54) is 11.3 Å². The van der Waals surface area contributed by atoms with Crippen molar-refractivity contribution in [3.8, 4) is 10.6 Å². The van der Waals surface area contributed by atoms with Gasteiger partial charge in [-0.3, -0.25) is 0 Å². The summed E-state index contributed by atoms with van der Waals surface area (Å²) in [6, 6.07) is 5.37. The summed E-state index contributed by atoms with van der Waals surface area (Å²) in [5, 5.41) is 11.2. The van der Waals surface area contributed by atoms with Crippen molar-refractivity contribution in [2.75, 3.05) is 0 Å². The Morgan fingerprint density at radius 2 is 1.94 bits per heavy atom. The van der Waals surface area contributed by atoms with Gasteiger partial charge in [0.2, 0.25) is 0 Å². The van der Waals surface area contributed by atoms with Gasteiger partial charge in [0.15, 0.2) is 0 Å². The molecular weight excluding hydrogens is 277 g/mol. The smallest absolute Gasteiger partial charge is 0.126 e. The Labute approximate surface area is 114 Å². The fraction of sp³-hybridized carbons (Fsp3) is 0.250. The van der Waals surface area contributed by atoms with Crippen LogP contribution in [0, 0.1) is 0 Å². The maximum absolute atomic E-state index is 9.25. The van der Waals surface area contributed by atoms with E-state index in [4.69, 9.17) is 23.2 Å². The molecule has 0 saturated carbocycles. The van der Waals surface area contributed by atoms with Gasteiger partial charge < -0.3 is 5.11 Å². The molecule has 0 bridgehead atoms. The third-order valence-electron chi connectivity index (χ3n) is 2.43. The summed E-state index contributed by atoms with van der Waals surface area (Å²) < 4.78 is 0. The summed E-state index contributed by atoms with van der Waals surface area (Å²) in [4.78, 5) is 5.35. The van der Waals surface area contributed by atoms with Gasteiger partial charge >= 0.3 is 0 Å². The molecular formula is C12H11Cl2NOS. The molecule has 5 heteroatoms. The number of benzene rings is 1. The van der Waals surface area contributed by atoms with Crippen molar-refractivity contribution in [3.63, 3.8) is 0 Å². The van der Waals surface area contributed by atoms with Gasteiger partial charge in [-0.15, -0.1) is 11.3 Å². The van der Waals surface area contributed by atoms with Gasteiger partial charge in [-0.25, -0.2) is 4.98 Å². The number of thiazole rings is 1. The number of aliphatic hydroxyl groups excluding tert-OH is 1. The van der Waals surface area contributed by atoms with E-state index < -0.39 is 0 Å². The Kier molecular flexibility index (Phi) is 4.05. The molecule has 2 rings (SSSR count). The van der Waals surface area contributed by atoms with Gasteiger partial charge in [-0.05, 0) is 18.6 Å². The van der Waals surface area contributed by atoms with E-state index in [1.54, 1.807) is 18.2 Å². The second-order valence-electron chi connectivity index (χ2n) is 3.50. The van der Waals surface area contributed by atoms with E-state index in [2.05, 4.69) is 4.98 Å². The summed E-state index contributed by atoms with van der Waals surface area (Å²) in [6.07, 6.45) is 0.786. The lowest BCUT2D eigenvalue weighted by molar-refractivity contribution is 0.284. The predicted octanol–water partition coefficient (Wildman–Crippen LogP) is 4.17. The van der Waals surface area contributed by atoms with E-state index in [-0.39, 0.29) is 6.61 Å². The third kappa shape index (κ3) is 2.47. The molecule has 0 unspecified atom stereocenters. The number of hydrogen-bond acceptors (Lipinski definition) is 3. The normalized spacial score (nSPS) is 10.8. The van der Waals surface area contributed by atoms with Crippen LogP contribution in [-0.4, -0.2) is 10.1 Å². The van der Waals surface area contributed by atoms with Gasteiger partial charge in [-0.2, -0.15) is 0 Å². The average Bonchev–Trinajstić information content (AvgIpc) is 2.72. The van der Waals surface area contributed by atoms with Crippen LogP contribution < -0.4 is 0 Å². The summed E-state index contributed by atoms with van der Waals surface area (Å²) in [5.74, 6) is 0. The van der Waals surface area contributed by atoms with Gasteiger partial charge in [0, 0.05) is 5.56 Å². The molecule has 2 nitrogen and oxygen atoms in total. The van der Waals surface area contributed by atoms with E-state index in [9.17, 15) is 5.11 Å². The molecule has 0 aliphatic heterocycles. The zero-order valence-corrected chi connectivity index (χ0v) is 11.5. The summed E-state index contributed by atoms with van der Waals surface area (Å²) in [5.41, 5.74) is 1.65. The molecule has 17 heavy (non-hydrogen) atoms. The van der Waals surface area contributed by atoms with E-state index in [0.717, 1.165) is 27.6 Å². The zero-order valence-electron chi connectivity index (χ0n) is 9.20. The minimum atomic E-state index is 0.00289.